The highest BCUT2D eigenvalue weighted by molar-refractivity contribution is 6.30. The summed E-state index contributed by atoms with van der Waals surface area (Å²) in [7, 11) is 0. The Balaban J connectivity index is 1.94. The van der Waals surface area contributed by atoms with Gasteiger partial charge in [-0.3, -0.25) is 0 Å². The van der Waals surface area contributed by atoms with Crippen molar-refractivity contribution in [1.82, 2.24) is 0 Å². The van der Waals surface area contributed by atoms with E-state index in [0.29, 0.717) is 5.92 Å². The molecular formula is C12H14ClN3. The van der Waals surface area contributed by atoms with Crippen molar-refractivity contribution in [2.24, 2.45) is 11.0 Å². The molecule has 0 saturated heterocycles. The molecule has 0 aliphatic heterocycles. The molecule has 0 unspecified atom stereocenters. The number of nitrogens with zero attached hydrogens (tertiary/aromatic N) is 3. The van der Waals surface area contributed by atoms with Crippen LogP contribution in [0.3, 0.4) is 0 Å². The Morgan fingerprint density at radius 3 is 3.06 bits per heavy atom. The minimum atomic E-state index is 0.203. The van der Waals surface area contributed by atoms with Gasteiger partial charge in [-0.2, -0.15) is 0 Å². The van der Waals surface area contributed by atoms with Crippen molar-refractivity contribution in [3.63, 3.8) is 0 Å². The maximum Gasteiger partial charge on any atom is 0.0408 e. The van der Waals surface area contributed by atoms with Crippen LogP contribution >= 0.6 is 11.6 Å². The number of hydrogen-bond donors (Lipinski definition) is 0. The molecule has 0 amide bonds. The van der Waals surface area contributed by atoms with E-state index in [4.69, 9.17) is 17.1 Å². The first kappa shape index (κ1) is 11.3. The molecule has 3 nitrogen and oxygen atoms in total. The topological polar surface area (TPSA) is 48.8 Å². The zero-order chi connectivity index (χ0) is 11.4. The molecule has 0 aromatic heterocycles. The number of azide groups is 1. The molecule has 0 heterocycles. The third-order valence-corrected chi connectivity index (χ3v) is 3.38. The van der Waals surface area contributed by atoms with Crippen molar-refractivity contribution >= 4 is 11.6 Å². The van der Waals surface area contributed by atoms with Crippen LogP contribution in [-0.2, 0) is 6.42 Å². The van der Waals surface area contributed by atoms with E-state index in [-0.39, 0.29) is 6.04 Å². The Bertz CT molecular complexity index is 412. The van der Waals surface area contributed by atoms with Crippen molar-refractivity contribution in [1.29, 1.82) is 0 Å². The van der Waals surface area contributed by atoms with Crippen LogP contribution in [0.2, 0.25) is 5.02 Å². The standard InChI is InChI=1S/C12H14ClN3/c13-11-3-1-2-9(7-11)6-10-4-5-12(8-10)15-16-14/h1-3,7,10,12H,4-6,8H2/t10-,12+/m1/s1. The molecule has 1 fully saturated rings. The van der Waals surface area contributed by atoms with Gasteiger partial charge in [0.2, 0.25) is 0 Å². The molecule has 1 aromatic rings. The van der Waals surface area contributed by atoms with Crippen LogP contribution in [0.4, 0.5) is 0 Å². The SMILES string of the molecule is [N-]=[N+]=N[C@H]1CC[C@H](Cc2cccc(Cl)c2)C1. The Morgan fingerprint density at radius 2 is 2.31 bits per heavy atom. The van der Waals surface area contributed by atoms with E-state index < -0.39 is 0 Å². The van der Waals surface area contributed by atoms with E-state index in [1.807, 2.05) is 18.2 Å². The fourth-order valence-electron chi connectivity index (χ4n) is 2.41. The quantitative estimate of drug-likeness (QED) is 0.425. The van der Waals surface area contributed by atoms with Crippen LogP contribution in [0.15, 0.2) is 29.4 Å². The van der Waals surface area contributed by atoms with Gasteiger partial charge in [-0.15, -0.1) is 0 Å². The predicted octanol–water partition coefficient (Wildman–Crippen LogP) is 4.36. The van der Waals surface area contributed by atoms with E-state index in [1.54, 1.807) is 0 Å². The van der Waals surface area contributed by atoms with Crippen molar-refractivity contribution in [3.05, 3.63) is 45.3 Å². The molecule has 0 N–H and O–H groups in total. The summed E-state index contributed by atoms with van der Waals surface area (Å²) in [6.45, 7) is 0. The first-order chi connectivity index (χ1) is 7.78. The summed E-state index contributed by atoms with van der Waals surface area (Å²) in [5.41, 5.74) is 9.66. The maximum absolute atomic E-state index is 8.38. The van der Waals surface area contributed by atoms with E-state index >= 15 is 0 Å². The molecule has 1 saturated carbocycles. The lowest BCUT2D eigenvalue weighted by Gasteiger charge is -2.09. The third kappa shape index (κ3) is 2.91. The molecule has 4 heteroatoms. The number of benzene rings is 1. The van der Waals surface area contributed by atoms with Gasteiger partial charge in [0.1, 0.15) is 0 Å². The Labute approximate surface area is 100 Å². The van der Waals surface area contributed by atoms with Gasteiger partial charge >= 0.3 is 0 Å². The van der Waals surface area contributed by atoms with Crippen LogP contribution in [0, 0.1) is 5.92 Å². The van der Waals surface area contributed by atoms with E-state index in [0.717, 1.165) is 30.7 Å². The molecule has 1 aliphatic rings. The lowest BCUT2D eigenvalue weighted by atomic mass is 9.98. The van der Waals surface area contributed by atoms with E-state index in [2.05, 4.69) is 16.1 Å². The molecule has 0 radical (unpaired) electrons. The molecule has 2 rings (SSSR count). The van der Waals surface area contributed by atoms with Gasteiger partial charge < -0.3 is 0 Å². The highest BCUT2D eigenvalue weighted by atomic mass is 35.5. The smallest absolute Gasteiger partial charge is 0.0408 e. The summed E-state index contributed by atoms with van der Waals surface area (Å²) >= 11 is 5.94. The first-order valence-corrected chi connectivity index (χ1v) is 5.94. The number of halogens is 1. The summed E-state index contributed by atoms with van der Waals surface area (Å²) in [5.74, 6) is 0.633. The second-order valence-electron chi connectivity index (χ2n) is 4.37. The fraction of sp³-hybridized carbons (Fsp3) is 0.500. The largest absolute Gasteiger partial charge is 0.0906 e. The zero-order valence-electron chi connectivity index (χ0n) is 9.01. The highest BCUT2D eigenvalue weighted by Crippen LogP contribution is 2.31. The molecular weight excluding hydrogens is 222 g/mol. The van der Waals surface area contributed by atoms with E-state index in [9.17, 15) is 0 Å². The summed E-state index contributed by atoms with van der Waals surface area (Å²) in [5, 5.41) is 4.58. The predicted molar refractivity (Wildman–Crippen MR) is 65.4 cm³/mol. The average molecular weight is 236 g/mol. The van der Waals surface area contributed by atoms with Crippen LogP contribution in [0.25, 0.3) is 10.4 Å². The third-order valence-electron chi connectivity index (χ3n) is 3.14. The van der Waals surface area contributed by atoms with Gasteiger partial charge in [-0.1, -0.05) is 28.8 Å². The lowest BCUT2D eigenvalue weighted by molar-refractivity contribution is 0.534. The second kappa shape index (κ2) is 5.24. The van der Waals surface area contributed by atoms with Crippen LogP contribution < -0.4 is 0 Å². The van der Waals surface area contributed by atoms with Gasteiger partial charge in [-0.05, 0) is 54.8 Å². The Hall–Kier alpha value is -1.18. The van der Waals surface area contributed by atoms with Gasteiger partial charge in [0.15, 0.2) is 0 Å². The average Bonchev–Trinajstić information content (AvgIpc) is 2.66. The minimum Gasteiger partial charge on any atom is -0.0906 e. The first-order valence-electron chi connectivity index (χ1n) is 5.56. The Kier molecular flexibility index (Phi) is 3.70. The normalized spacial score (nSPS) is 24.1. The van der Waals surface area contributed by atoms with Crippen molar-refractivity contribution in [2.45, 2.75) is 31.7 Å². The van der Waals surface area contributed by atoms with Crippen molar-refractivity contribution in [2.75, 3.05) is 0 Å². The Morgan fingerprint density at radius 1 is 1.44 bits per heavy atom. The molecule has 16 heavy (non-hydrogen) atoms. The van der Waals surface area contributed by atoms with Gasteiger partial charge in [0, 0.05) is 16.0 Å². The fourth-order valence-corrected chi connectivity index (χ4v) is 2.62. The van der Waals surface area contributed by atoms with Gasteiger partial charge in [0.25, 0.3) is 0 Å². The summed E-state index contributed by atoms with van der Waals surface area (Å²) in [6.07, 6.45) is 4.22. The summed E-state index contributed by atoms with van der Waals surface area (Å²) < 4.78 is 0. The van der Waals surface area contributed by atoms with Crippen LogP contribution in [0.1, 0.15) is 24.8 Å². The van der Waals surface area contributed by atoms with E-state index in [1.165, 1.54) is 5.56 Å². The number of rotatable bonds is 3. The van der Waals surface area contributed by atoms with Gasteiger partial charge in [-0.25, -0.2) is 0 Å². The van der Waals surface area contributed by atoms with Gasteiger partial charge in [0.05, 0.1) is 0 Å². The lowest BCUT2D eigenvalue weighted by Crippen LogP contribution is -2.01. The van der Waals surface area contributed by atoms with Crippen molar-refractivity contribution < 1.29 is 0 Å². The zero-order valence-corrected chi connectivity index (χ0v) is 9.77. The minimum absolute atomic E-state index is 0.203. The molecule has 2 atom stereocenters. The molecule has 0 spiro atoms. The summed E-state index contributed by atoms with van der Waals surface area (Å²) in [4.78, 5) is 2.88. The maximum atomic E-state index is 8.38. The van der Waals surface area contributed by atoms with Crippen LogP contribution in [-0.4, -0.2) is 6.04 Å². The second-order valence-corrected chi connectivity index (χ2v) is 4.81. The summed E-state index contributed by atoms with van der Waals surface area (Å²) in [6, 6.07) is 8.20. The molecule has 84 valence electrons. The van der Waals surface area contributed by atoms with Crippen molar-refractivity contribution in [3.8, 4) is 0 Å². The number of hydrogen-bond acceptors (Lipinski definition) is 1. The van der Waals surface area contributed by atoms with Crippen LogP contribution in [0.5, 0.6) is 0 Å². The monoisotopic (exact) mass is 235 g/mol. The molecule has 1 aromatic carbocycles. The highest BCUT2D eigenvalue weighted by Gasteiger charge is 2.23. The molecule has 0 bridgehead atoms. The molecule has 1 aliphatic carbocycles.